The minimum atomic E-state index is 0.128. The lowest BCUT2D eigenvalue weighted by Crippen LogP contribution is -2.45. The fourth-order valence-corrected chi connectivity index (χ4v) is 8.82. The van der Waals surface area contributed by atoms with Crippen LogP contribution in [0.1, 0.15) is 92.8 Å². The van der Waals surface area contributed by atoms with Gasteiger partial charge in [-0.25, -0.2) is 0 Å². The van der Waals surface area contributed by atoms with Gasteiger partial charge in [-0.1, -0.05) is 48.5 Å². The third kappa shape index (κ3) is 1.84. The predicted octanol–water partition coefficient (Wildman–Crippen LogP) is 5.87. The van der Waals surface area contributed by atoms with E-state index in [9.17, 15) is 19.2 Å². The molecule has 4 saturated carbocycles. The van der Waals surface area contributed by atoms with E-state index in [1.54, 1.807) is 24.3 Å². The lowest BCUT2D eigenvalue weighted by Gasteiger charge is -2.45. The molecule has 10 rings (SSSR count). The number of hydrogen-bond acceptors (Lipinski definition) is 4. The lowest BCUT2D eigenvalue weighted by atomic mass is 9.55. The molecular weight excluding hydrogens is 448 g/mol. The van der Waals surface area contributed by atoms with Gasteiger partial charge >= 0.3 is 0 Å². The number of carbonyl (C=O) groups is 4. The molecule has 0 aromatic heterocycles. The molecule has 4 spiro atoms. The summed E-state index contributed by atoms with van der Waals surface area (Å²) in [4.78, 5) is 50.3. The highest BCUT2D eigenvalue weighted by molar-refractivity contribution is 6.31. The first-order valence-electron chi connectivity index (χ1n) is 13.3. The molecule has 0 N–H and O–H groups in total. The summed E-state index contributed by atoms with van der Waals surface area (Å²) < 4.78 is 0. The van der Waals surface area contributed by atoms with Crippen LogP contribution in [0.15, 0.2) is 70.8 Å². The van der Waals surface area contributed by atoms with E-state index in [1.165, 1.54) is 0 Å². The second-order valence-corrected chi connectivity index (χ2v) is 12.2. The molecule has 2 aromatic carbocycles. The molecule has 176 valence electrons. The maximum absolute atomic E-state index is 12.6. The van der Waals surface area contributed by atoms with Crippen molar-refractivity contribution in [3.8, 4) is 0 Å². The molecule has 0 aliphatic heterocycles. The first kappa shape index (κ1) is 19.7. The van der Waals surface area contributed by atoms with E-state index >= 15 is 0 Å². The number of rotatable bonds is 0. The van der Waals surface area contributed by atoms with Gasteiger partial charge in [-0.15, -0.1) is 0 Å². The first-order chi connectivity index (χ1) is 17.4. The highest BCUT2D eigenvalue weighted by Crippen LogP contribution is 2.85. The van der Waals surface area contributed by atoms with E-state index in [0.717, 1.165) is 73.7 Å². The molecule has 8 aliphatic rings. The zero-order valence-corrected chi connectivity index (χ0v) is 19.9. The third-order valence-corrected chi connectivity index (χ3v) is 11.0. The number of ketones is 4. The van der Waals surface area contributed by atoms with Gasteiger partial charge in [-0.2, -0.15) is 0 Å². The predicted molar refractivity (Wildman–Crippen MR) is 131 cm³/mol. The first-order valence-corrected chi connectivity index (χ1v) is 13.3. The topological polar surface area (TPSA) is 68.3 Å². The number of fused-ring (bicyclic) bond motifs is 8. The lowest BCUT2D eigenvalue weighted by molar-refractivity contribution is 0.0888. The minimum Gasteiger partial charge on any atom is -0.289 e. The van der Waals surface area contributed by atoms with Gasteiger partial charge in [0.05, 0.1) is 0 Å². The summed E-state index contributed by atoms with van der Waals surface area (Å²) in [5, 5.41) is 0. The molecule has 4 heteroatoms. The van der Waals surface area contributed by atoms with Crippen LogP contribution in [0.4, 0.5) is 0 Å². The monoisotopic (exact) mass is 472 g/mol. The molecule has 0 saturated heterocycles. The Hall–Kier alpha value is -3.40. The molecule has 0 bridgehead atoms. The van der Waals surface area contributed by atoms with Gasteiger partial charge in [0.1, 0.15) is 0 Å². The smallest absolute Gasteiger partial charge is 0.190 e. The van der Waals surface area contributed by atoms with E-state index in [1.807, 2.05) is 24.3 Å². The molecule has 4 fully saturated rings. The second-order valence-electron chi connectivity index (χ2n) is 12.2. The van der Waals surface area contributed by atoms with Crippen LogP contribution >= 0.6 is 0 Å². The van der Waals surface area contributed by atoms with Gasteiger partial charge in [-0.05, 0) is 51.4 Å². The minimum absolute atomic E-state index is 0.128. The molecule has 0 atom stereocenters. The Bertz CT molecular complexity index is 1370. The van der Waals surface area contributed by atoms with Gasteiger partial charge in [0.2, 0.25) is 0 Å². The van der Waals surface area contributed by atoms with Crippen LogP contribution < -0.4 is 0 Å². The molecule has 0 amide bonds. The van der Waals surface area contributed by atoms with E-state index in [0.29, 0.717) is 22.3 Å². The average molecular weight is 473 g/mol. The van der Waals surface area contributed by atoms with Crippen molar-refractivity contribution in [3.63, 3.8) is 0 Å². The van der Waals surface area contributed by atoms with Gasteiger partial charge in [0.25, 0.3) is 0 Å². The summed E-state index contributed by atoms with van der Waals surface area (Å²) in [5.41, 5.74) is 6.59. The van der Waals surface area contributed by atoms with Crippen LogP contribution in [0.25, 0.3) is 0 Å². The Labute approximate surface area is 208 Å². The van der Waals surface area contributed by atoms with Crippen LogP contribution in [0.2, 0.25) is 0 Å². The quantitative estimate of drug-likeness (QED) is 0.481. The Kier molecular flexibility index (Phi) is 3.08. The average Bonchev–Trinajstić information content (AvgIpc) is 3.72. The Morgan fingerprint density at radius 3 is 0.722 bits per heavy atom. The normalized spacial score (nSPS) is 28.0. The number of allylic oxidation sites excluding steroid dienone is 4. The summed E-state index contributed by atoms with van der Waals surface area (Å²) in [6.45, 7) is 0. The molecular formula is C32H24O4. The van der Waals surface area contributed by atoms with Crippen molar-refractivity contribution in [2.24, 2.45) is 21.7 Å². The van der Waals surface area contributed by atoms with Crippen molar-refractivity contribution in [2.45, 2.75) is 51.4 Å². The van der Waals surface area contributed by atoms with E-state index in [4.69, 9.17) is 0 Å². The Morgan fingerprint density at radius 2 is 0.556 bits per heavy atom. The van der Waals surface area contributed by atoms with E-state index < -0.39 is 0 Å². The largest absolute Gasteiger partial charge is 0.289 e. The van der Waals surface area contributed by atoms with E-state index in [-0.39, 0.29) is 44.8 Å². The van der Waals surface area contributed by atoms with Crippen molar-refractivity contribution < 1.29 is 19.2 Å². The highest BCUT2D eigenvalue weighted by Gasteiger charge is 2.79. The number of carbonyl (C=O) groups excluding carboxylic acids is 4. The SMILES string of the molecule is O=C1C2=C(C(=O)c3ccccc31)C1(CC1)C21CC1.O=C1C2=C(C(=O)c3ccccc31)C1(CC1)C21CC1. The summed E-state index contributed by atoms with van der Waals surface area (Å²) in [6, 6.07) is 14.6. The van der Waals surface area contributed by atoms with Crippen LogP contribution in [-0.2, 0) is 0 Å². The second kappa shape index (κ2) is 5.61. The maximum Gasteiger partial charge on any atom is 0.190 e. The Morgan fingerprint density at radius 1 is 0.361 bits per heavy atom. The molecule has 0 unspecified atom stereocenters. The van der Waals surface area contributed by atoms with Gasteiger partial charge in [-0.3, -0.25) is 19.2 Å². The van der Waals surface area contributed by atoms with Crippen LogP contribution in [-0.4, -0.2) is 23.1 Å². The summed E-state index contributed by atoms with van der Waals surface area (Å²) >= 11 is 0. The standard InChI is InChI=1S/2C16H12O2/c2*17-13-9-3-1-2-4-10(9)14(18)12-11(13)15(5-6-15)16(12)7-8-16/h2*1-4H,5-8H2. The van der Waals surface area contributed by atoms with Crippen molar-refractivity contribution in [3.05, 3.63) is 93.1 Å². The molecule has 36 heavy (non-hydrogen) atoms. The van der Waals surface area contributed by atoms with Crippen molar-refractivity contribution >= 4 is 23.1 Å². The third-order valence-electron chi connectivity index (χ3n) is 11.0. The summed E-state index contributed by atoms with van der Waals surface area (Å²) in [5.74, 6) is 0.538. The number of benzene rings is 2. The van der Waals surface area contributed by atoms with Crippen molar-refractivity contribution in [2.75, 3.05) is 0 Å². The molecule has 0 heterocycles. The zero-order chi connectivity index (χ0) is 24.2. The van der Waals surface area contributed by atoms with Gasteiger partial charge in [0.15, 0.2) is 23.1 Å². The van der Waals surface area contributed by atoms with Crippen molar-refractivity contribution in [1.29, 1.82) is 0 Å². The number of hydrogen-bond donors (Lipinski definition) is 0. The zero-order valence-electron chi connectivity index (χ0n) is 19.9. The van der Waals surface area contributed by atoms with Crippen LogP contribution in [0.3, 0.4) is 0 Å². The summed E-state index contributed by atoms with van der Waals surface area (Å²) in [7, 11) is 0. The van der Waals surface area contributed by atoms with Crippen molar-refractivity contribution in [1.82, 2.24) is 0 Å². The maximum atomic E-state index is 12.6. The molecule has 0 radical (unpaired) electrons. The highest BCUT2D eigenvalue weighted by atomic mass is 16.1. The fraction of sp³-hybridized carbons (Fsp3) is 0.375. The molecule has 4 nitrogen and oxygen atoms in total. The molecule has 2 aromatic rings. The van der Waals surface area contributed by atoms with Gasteiger partial charge < -0.3 is 0 Å². The van der Waals surface area contributed by atoms with E-state index in [2.05, 4.69) is 0 Å². The van der Waals surface area contributed by atoms with Gasteiger partial charge in [0, 0.05) is 66.2 Å². The van der Waals surface area contributed by atoms with Crippen LogP contribution in [0, 0.1) is 21.7 Å². The summed E-state index contributed by atoms with van der Waals surface area (Å²) in [6.07, 6.45) is 8.94. The number of Topliss-reactive ketones (excluding diaryl/α,β-unsaturated/α-hetero) is 4. The molecule has 8 aliphatic carbocycles. The fourth-order valence-electron chi connectivity index (χ4n) is 8.82. The Balaban J connectivity index is 0.000000108. The van der Waals surface area contributed by atoms with Crippen LogP contribution in [0.5, 0.6) is 0 Å².